The lowest BCUT2D eigenvalue weighted by Crippen LogP contribution is -2.38. The van der Waals surface area contributed by atoms with Crippen molar-refractivity contribution in [1.29, 1.82) is 0 Å². The van der Waals surface area contributed by atoms with E-state index in [-0.39, 0.29) is 33.7 Å². The summed E-state index contributed by atoms with van der Waals surface area (Å²) >= 11 is 0. The topological polar surface area (TPSA) is 105 Å². The molecule has 190 valence electrons. The molecule has 0 unspecified atom stereocenters. The van der Waals surface area contributed by atoms with Crippen LogP contribution in [-0.2, 0) is 14.8 Å². The number of aryl methyl sites for hydroxylation is 1. The first kappa shape index (κ1) is 26.7. The van der Waals surface area contributed by atoms with Crippen LogP contribution in [0.4, 0.5) is 11.4 Å². The minimum Gasteiger partial charge on any atom is -0.495 e. The number of carbonyl (C=O) groups is 2. The summed E-state index contributed by atoms with van der Waals surface area (Å²) in [5.41, 5.74) is 1.70. The van der Waals surface area contributed by atoms with Gasteiger partial charge in [0.2, 0.25) is 5.91 Å². The lowest BCUT2D eigenvalue weighted by molar-refractivity contribution is -0.114. The number of carbonyl (C=O) groups excluding carboxylic acids is 2. The molecule has 2 N–H and O–H groups in total. The van der Waals surface area contributed by atoms with Gasteiger partial charge in [-0.1, -0.05) is 55.8 Å². The minimum absolute atomic E-state index is 0.0419. The van der Waals surface area contributed by atoms with Crippen LogP contribution in [-0.4, -0.2) is 40.4 Å². The molecular weight excluding hydrogens is 478 g/mol. The summed E-state index contributed by atoms with van der Waals surface area (Å²) in [7, 11) is -2.69. The normalized spacial score (nSPS) is 11.1. The van der Waals surface area contributed by atoms with Crippen LogP contribution < -0.4 is 19.7 Å². The number of nitrogens with zero attached hydrogens (tertiary/aromatic N) is 1. The predicted octanol–water partition coefficient (Wildman–Crippen LogP) is 4.22. The zero-order valence-electron chi connectivity index (χ0n) is 20.8. The van der Waals surface area contributed by atoms with Crippen LogP contribution in [0.15, 0.2) is 77.7 Å². The average molecular weight is 510 g/mol. The molecule has 0 aliphatic heterocycles. The number of amides is 2. The summed E-state index contributed by atoms with van der Waals surface area (Å²) in [6, 6.07) is 19.6. The van der Waals surface area contributed by atoms with Crippen LogP contribution in [0.5, 0.6) is 5.75 Å². The lowest BCUT2D eigenvalue weighted by atomic mass is 10.1. The molecule has 0 spiro atoms. The van der Waals surface area contributed by atoms with E-state index in [0.717, 1.165) is 9.87 Å². The van der Waals surface area contributed by atoms with Gasteiger partial charge >= 0.3 is 0 Å². The monoisotopic (exact) mass is 509 g/mol. The number of sulfonamides is 1. The molecule has 9 heteroatoms. The van der Waals surface area contributed by atoms with Gasteiger partial charge in [0, 0.05) is 6.54 Å². The van der Waals surface area contributed by atoms with Crippen LogP contribution in [0.25, 0.3) is 0 Å². The van der Waals surface area contributed by atoms with Gasteiger partial charge in [-0.15, -0.1) is 0 Å². The third-order valence-corrected chi connectivity index (χ3v) is 7.14. The Kier molecular flexibility index (Phi) is 8.71. The quantitative estimate of drug-likeness (QED) is 0.426. The average Bonchev–Trinajstić information content (AvgIpc) is 2.86. The van der Waals surface area contributed by atoms with Gasteiger partial charge in [-0.25, -0.2) is 8.42 Å². The Balaban J connectivity index is 1.94. The van der Waals surface area contributed by atoms with E-state index >= 15 is 0 Å². The van der Waals surface area contributed by atoms with Gasteiger partial charge in [0.15, 0.2) is 0 Å². The van der Waals surface area contributed by atoms with E-state index in [1.165, 1.54) is 19.2 Å². The molecule has 3 rings (SSSR count). The molecule has 0 heterocycles. The zero-order valence-corrected chi connectivity index (χ0v) is 21.6. The molecule has 0 bridgehead atoms. The second-order valence-electron chi connectivity index (χ2n) is 8.69. The number of para-hydroxylation sites is 3. The largest absolute Gasteiger partial charge is 0.495 e. The third-order valence-electron chi connectivity index (χ3n) is 5.37. The van der Waals surface area contributed by atoms with Gasteiger partial charge in [-0.05, 0) is 49.2 Å². The summed E-state index contributed by atoms with van der Waals surface area (Å²) < 4.78 is 33.7. The van der Waals surface area contributed by atoms with Crippen molar-refractivity contribution in [2.45, 2.75) is 25.7 Å². The minimum atomic E-state index is -4.12. The number of hydrogen-bond donors (Lipinski definition) is 2. The van der Waals surface area contributed by atoms with Crippen molar-refractivity contribution in [3.63, 3.8) is 0 Å². The van der Waals surface area contributed by atoms with E-state index in [1.807, 2.05) is 20.8 Å². The summed E-state index contributed by atoms with van der Waals surface area (Å²) in [4.78, 5) is 25.9. The Bertz CT molecular complexity index is 1320. The standard InChI is InChI=1S/C27H31N3O5S/c1-19(2)17-28-27(32)22-9-5-6-10-23(22)29-26(31)18-30(24-11-7-8-12-25(24)35-4)36(33,34)21-15-13-20(3)14-16-21/h5-16,19H,17-18H2,1-4H3,(H,28,32)(H,29,31). The van der Waals surface area contributed by atoms with E-state index in [0.29, 0.717) is 12.3 Å². The number of rotatable bonds is 10. The van der Waals surface area contributed by atoms with E-state index in [4.69, 9.17) is 4.74 Å². The second-order valence-corrected chi connectivity index (χ2v) is 10.6. The van der Waals surface area contributed by atoms with Gasteiger partial charge < -0.3 is 15.4 Å². The number of benzene rings is 3. The van der Waals surface area contributed by atoms with Crippen LogP contribution >= 0.6 is 0 Å². The first-order valence-corrected chi connectivity index (χ1v) is 13.0. The van der Waals surface area contributed by atoms with Crippen molar-refractivity contribution in [1.82, 2.24) is 5.32 Å². The van der Waals surface area contributed by atoms with Crippen molar-refractivity contribution >= 4 is 33.2 Å². The van der Waals surface area contributed by atoms with Gasteiger partial charge in [-0.2, -0.15) is 0 Å². The van der Waals surface area contributed by atoms with Gasteiger partial charge in [-0.3, -0.25) is 13.9 Å². The number of ether oxygens (including phenoxy) is 1. The highest BCUT2D eigenvalue weighted by molar-refractivity contribution is 7.92. The molecule has 36 heavy (non-hydrogen) atoms. The predicted molar refractivity (Wildman–Crippen MR) is 141 cm³/mol. The maximum Gasteiger partial charge on any atom is 0.264 e. The highest BCUT2D eigenvalue weighted by atomic mass is 32.2. The Morgan fingerprint density at radius 2 is 1.58 bits per heavy atom. The van der Waals surface area contributed by atoms with Crippen LogP contribution in [0.2, 0.25) is 0 Å². The van der Waals surface area contributed by atoms with Crippen LogP contribution in [0.3, 0.4) is 0 Å². The maximum atomic E-state index is 13.7. The zero-order chi connectivity index (χ0) is 26.3. The smallest absolute Gasteiger partial charge is 0.264 e. The summed E-state index contributed by atoms with van der Waals surface area (Å²) in [6.45, 7) is 5.77. The molecule has 0 saturated heterocycles. The molecule has 2 amide bonds. The van der Waals surface area contributed by atoms with Crippen molar-refractivity contribution in [3.05, 3.63) is 83.9 Å². The molecule has 3 aromatic carbocycles. The van der Waals surface area contributed by atoms with Gasteiger partial charge in [0.1, 0.15) is 12.3 Å². The fraction of sp³-hybridized carbons (Fsp3) is 0.259. The van der Waals surface area contributed by atoms with Crippen molar-refractivity contribution in [3.8, 4) is 5.75 Å². The van der Waals surface area contributed by atoms with Gasteiger partial charge in [0.05, 0.1) is 28.9 Å². The number of hydrogen-bond acceptors (Lipinski definition) is 5. The maximum absolute atomic E-state index is 13.7. The Labute approximate surface area is 212 Å². The molecular formula is C27H31N3O5S. The molecule has 3 aromatic rings. The molecule has 0 aromatic heterocycles. The fourth-order valence-corrected chi connectivity index (χ4v) is 4.91. The van der Waals surface area contributed by atoms with E-state index in [1.54, 1.807) is 60.7 Å². The van der Waals surface area contributed by atoms with Gasteiger partial charge in [0.25, 0.3) is 15.9 Å². The second kappa shape index (κ2) is 11.7. The Morgan fingerprint density at radius 1 is 0.944 bits per heavy atom. The fourth-order valence-electron chi connectivity index (χ4n) is 3.48. The molecule has 0 atom stereocenters. The summed E-state index contributed by atoms with van der Waals surface area (Å²) in [6.07, 6.45) is 0. The molecule has 0 saturated carbocycles. The van der Waals surface area contributed by atoms with Crippen molar-refractivity contribution in [2.75, 3.05) is 29.8 Å². The lowest BCUT2D eigenvalue weighted by Gasteiger charge is -2.26. The summed E-state index contributed by atoms with van der Waals surface area (Å²) in [5.74, 6) is -0.374. The molecule has 0 radical (unpaired) electrons. The summed E-state index contributed by atoms with van der Waals surface area (Å²) in [5, 5.41) is 5.53. The van der Waals surface area contributed by atoms with Crippen molar-refractivity contribution in [2.24, 2.45) is 5.92 Å². The number of methoxy groups -OCH3 is 1. The van der Waals surface area contributed by atoms with E-state index in [2.05, 4.69) is 10.6 Å². The highest BCUT2D eigenvalue weighted by Gasteiger charge is 2.29. The first-order chi connectivity index (χ1) is 17.1. The Morgan fingerprint density at radius 3 is 2.25 bits per heavy atom. The molecule has 8 nitrogen and oxygen atoms in total. The number of nitrogens with one attached hydrogen (secondary N) is 2. The third kappa shape index (κ3) is 6.42. The highest BCUT2D eigenvalue weighted by Crippen LogP contribution is 2.32. The van der Waals surface area contributed by atoms with Crippen molar-refractivity contribution < 1.29 is 22.7 Å². The number of anilines is 2. The SMILES string of the molecule is COc1ccccc1N(CC(=O)Nc1ccccc1C(=O)NCC(C)C)S(=O)(=O)c1ccc(C)cc1. The van der Waals surface area contributed by atoms with E-state index < -0.39 is 22.5 Å². The van der Waals surface area contributed by atoms with Crippen LogP contribution in [0.1, 0.15) is 29.8 Å². The molecule has 0 fully saturated rings. The Hall–Kier alpha value is -3.85. The van der Waals surface area contributed by atoms with E-state index in [9.17, 15) is 18.0 Å². The molecule has 0 aliphatic carbocycles. The first-order valence-electron chi connectivity index (χ1n) is 11.5. The van der Waals surface area contributed by atoms with Crippen LogP contribution in [0, 0.1) is 12.8 Å². The molecule has 0 aliphatic rings.